The number of rotatable bonds is 6. The average molecular weight is 389 g/mol. The minimum Gasteiger partial charge on any atom is -0.481 e. The van der Waals surface area contributed by atoms with Crippen molar-refractivity contribution in [3.63, 3.8) is 0 Å². The highest BCUT2D eigenvalue weighted by Crippen LogP contribution is 2.25. The Morgan fingerprint density at radius 3 is 2.64 bits per heavy atom. The molecule has 28 heavy (non-hydrogen) atoms. The molecule has 2 aliphatic rings. The van der Waals surface area contributed by atoms with Crippen molar-refractivity contribution in [1.29, 1.82) is 0 Å². The Morgan fingerprint density at radius 2 is 1.96 bits per heavy atom. The van der Waals surface area contributed by atoms with Gasteiger partial charge in [-0.2, -0.15) is 0 Å². The molecule has 2 heterocycles. The van der Waals surface area contributed by atoms with Gasteiger partial charge >= 0.3 is 0 Å². The van der Waals surface area contributed by atoms with Gasteiger partial charge in [0.25, 0.3) is 5.91 Å². The van der Waals surface area contributed by atoms with Gasteiger partial charge in [0.1, 0.15) is 5.75 Å². The predicted molar refractivity (Wildman–Crippen MR) is 112 cm³/mol. The monoisotopic (exact) mass is 388 g/mol. The van der Waals surface area contributed by atoms with Crippen LogP contribution in [0.15, 0.2) is 18.2 Å². The lowest BCUT2D eigenvalue weighted by molar-refractivity contribution is -0.140. The lowest BCUT2D eigenvalue weighted by Crippen LogP contribution is -2.49. The molecule has 0 aromatic heterocycles. The highest BCUT2D eigenvalue weighted by Gasteiger charge is 2.29. The fraction of sp³-hybridized carbons (Fsp3) is 0.696. The first-order chi connectivity index (χ1) is 13.4. The van der Waals surface area contributed by atoms with Crippen LogP contribution in [0.5, 0.6) is 5.75 Å². The lowest BCUT2D eigenvalue weighted by atomic mass is 9.96. The Morgan fingerprint density at radius 1 is 1.21 bits per heavy atom. The number of hydrogen-bond acceptors (Lipinski definition) is 4. The normalized spacial score (nSPS) is 22.3. The van der Waals surface area contributed by atoms with Gasteiger partial charge in [-0.05, 0) is 61.8 Å². The maximum absolute atomic E-state index is 13.0. The summed E-state index contributed by atoms with van der Waals surface area (Å²) in [7, 11) is 0. The van der Waals surface area contributed by atoms with E-state index >= 15 is 0 Å². The molecule has 1 unspecified atom stereocenters. The number of likely N-dealkylation sites (tertiary alicyclic amines) is 1. The van der Waals surface area contributed by atoms with Crippen LogP contribution >= 0.6 is 0 Å². The van der Waals surface area contributed by atoms with E-state index in [1.165, 1.54) is 17.5 Å². The molecule has 0 spiro atoms. The van der Waals surface area contributed by atoms with Crippen LogP contribution in [-0.2, 0) is 9.53 Å². The molecule has 1 aromatic carbocycles. The number of aryl methyl sites for hydroxylation is 1. The third kappa shape index (κ3) is 5.48. The lowest BCUT2D eigenvalue weighted by Gasteiger charge is -2.37. The van der Waals surface area contributed by atoms with Crippen molar-refractivity contribution >= 4 is 5.91 Å². The molecule has 5 heteroatoms. The molecule has 0 bridgehead atoms. The van der Waals surface area contributed by atoms with E-state index in [4.69, 9.17) is 9.47 Å². The van der Waals surface area contributed by atoms with Crippen molar-refractivity contribution in [2.75, 3.05) is 45.9 Å². The van der Waals surface area contributed by atoms with Crippen LogP contribution in [0.2, 0.25) is 0 Å². The molecule has 3 rings (SSSR count). The summed E-state index contributed by atoms with van der Waals surface area (Å²) in [6.45, 7) is 14.8. The van der Waals surface area contributed by atoms with E-state index < -0.39 is 6.10 Å². The molecule has 0 N–H and O–H groups in total. The topological polar surface area (TPSA) is 42.0 Å². The van der Waals surface area contributed by atoms with E-state index in [0.717, 1.165) is 58.1 Å². The van der Waals surface area contributed by atoms with Crippen LogP contribution < -0.4 is 4.74 Å². The first-order valence-corrected chi connectivity index (χ1v) is 10.8. The second-order valence-electron chi connectivity index (χ2n) is 8.64. The zero-order chi connectivity index (χ0) is 20.1. The van der Waals surface area contributed by atoms with Crippen molar-refractivity contribution in [1.82, 2.24) is 9.80 Å². The molecule has 0 saturated carbocycles. The Hall–Kier alpha value is -1.59. The van der Waals surface area contributed by atoms with Crippen LogP contribution in [0, 0.1) is 12.8 Å². The fourth-order valence-corrected chi connectivity index (χ4v) is 4.44. The zero-order valence-corrected chi connectivity index (χ0v) is 17.9. The first-order valence-electron chi connectivity index (χ1n) is 10.8. The minimum atomic E-state index is -0.452. The van der Waals surface area contributed by atoms with Crippen LogP contribution in [0.4, 0.5) is 0 Å². The molecule has 2 fully saturated rings. The van der Waals surface area contributed by atoms with Gasteiger partial charge in [-0.1, -0.05) is 19.9 Å². The Balaban J connectivity index is 1.54. The maximum atomic E-state index is 13.0. The summed E-state index contributed by atoms with van der Waals surface area (Å²) in [6, 6.07) is 6.16. The number of carbonyl (C=O) groups is 1. The molecule has 2 saturated heterocycles. The SMILES string of the molecule is Cc1cc(OC(C)C(=O)N2CCC[C@H](CN3CCOCC3)C2)ccc1C(C)C. The van der Waals surface area contributed by atoms with E-state index in [0.29, 0.717) is 11.8 Å². The Bertz CT molecular complexity index is 655. The van der Waals surface area contributed by atoms with Crippen LogP contribution in [0.1, 0.15) is 50.7 Å². The largest absolute Gasteiger partial charge is 0.481 e. The second kappa shape index (κ2) is 9.75. The third-order valence-electron chi connectivity index (χ3n) is 5.97. The van der Waals surface area contributed by atoms with Gasteiger partial charge in [0, 0.05) is 32.7 Å². The van der Waals surface area contributed by atoms with Crippen molar-refractivity contribution < 1.29 is 14.3 Å². The summed E-state index contributed by atoms with van der Waals surface area (Å²) in [4.78, 5) is 17.4. The van der Waals surface area contributed by atoms with Gasteiger partial charge in [0.2, 0.25) is 0 Å². The standard InChI is InChI=1S/C23H36N2O3/c1-17(2)22-8-7-21(14-18(22)3)28-19(4)23(26)25-9-5-6-20(16-25)15-24-10-12-27-13-11-24/h7-8,14,17,19-20H,5-6,9-13,15-16H2,1-4H3/t19?,20-/m1/s1. The predicted octanol–water partition coefficient (Wildman–Crippen LogP) is 3.46. The summed E-state index contributed by atoms with van der Waals surface area (Å²) >= 11 is 0. The molecule has 156 valence electrons. The number of hydrogen-bond donors (Lipinski definition) is 0. The first kappa shape index (κ1) is 21.1. The Labute approximate surface area is 170 Å². The van der Waals surface area contributed by atoms with Gasteiger partial charge < -0.3 is 14.4 Å². The van der Waals surface area contributed by atoms with E-state index in [1.807, 2.05) is 17.9 Å². The smallest absolute Gasteiger partial charge is 0.263 e. The number of nitrogens with zero attached hydrogens (tertiary/aromatic N) is 2. The summed E-state index contributed by atoms with van der Waals surface area (Å²) < 4.78 is 11.5. The molecular weight excluding hydrogens is 352 g/mol. The molecule has 0 aliphatic carbocycles. The fourth-order valence-electron chi connectivity index (χ4n) is 4.44. The molecule has 2 atom stereocenters. The van der Waals surface area contributed by atoms with E-state index in [9.17, 15) is 4.79 Å². The highest BCUT2D eigenvalue weighted by atomic mass is 16.5. The Kier molecular flexibility index (Phi) is 7.36. The van der Waals surface area contributed by atoms with Crippen molar-refractivity contribution in [3.8, 4) is 5.75 Å². The summed E-state index contributed by atoms with van der Waals surface area (Å²) in [6.07, 6.45) is 1.83. The highest BCUT2D eigenvalue weighted by molar-refractivity contribution is 5.81. The van der Waals surface area contributed by atoms with Crippen molar-refractivity contribution in [2.45, 2.75) is 52.6 Å². The molecule has 2 aliphatic heterocycles. The van der Waals surface area contributed by atoms with Crippen LogP contribution in [-0.4, -0.2) is 67.7 Å². The number of ether oxygens (including phenoxy) is 2. The molecular formula is C23H36N2O3. The van der Waals surface area contributed by atoms with Crippen LogP contribution in [0.25, 0.3) is 0 Å². The third-order valence-corrected chi connectivity index (χ3v) is 5.97. The number of amides is 1. The van der Waals surface area contributed by atoms with Gasteiger partial charge in [0.05, 0.1) is 13.2 Å². The van der Waals surface area contributed by atoms with Crippen LogP contribution in [0.3, 0.4) is 0 Å². The van der Waals surface area contributed by atoms with E-state index in [-0.39, 0.29) is 5.91 Å². The number of benzene rings is 1. The molecule has 1 amide bonds. The summed E-state index contributed by atoms with van der Waals surface area (Å²) in [5, 5.41) is 0. The average Bonchev–Trinajstić information content (AvgIpc) is 2.68. The summed E-state index contributed by atoms with van der Waals surface area (Å²) in [5.74, 6) is 1.93. The molecule has 0 radical (unpaired) electrons. The van der Waals surface area contributed by atoms with Gasteiger partial charge in [-0.3, -0.25) is 9.69 Å². The zero-order valence-electron chi connectivity index (χ0n) is 17.9. The maximum Gasteiger partial charge on any atom is 0.263 e. The van der Waals surface area contributed by atoms with Gasteiger partial charge in [-0.25, -0.2) is 0 Å². The molecule has 5 nitrogen and oxygen atoms in total. The number of piperidine rings is 1. The summed E-state index contributed by atoms with van der Waals surface area (Å²) in [5.41, 5.74) is 2.55. The van der Waals surface area contributed by atoms with Gasteiger partial charge in [-0.15, -0.1) is 0 Å². The van der Waals surface area contributed by atoms with Crippen molar-refractivity contribution in [3.05, 3.63) is 29.3 Å². The number of carbonyl (C=O) groups excluding carboxylic acids is 1. The van der Waals surface area contributed by atoms with Crippen molar-refractivity contribution in [2.24, 2.45) is 5.92 Å². The quantitative estimate of drug-likeness (QED) is 0.748. The minimum absolute atomic E-state index is 0.109. The number of morpholine rings is 1. The van der Waals surface area contributed by atoms with E-state index in [1.54, 1.807) is 0 Å². The van der Waals surface area contributed by atoms with E-state index in [2.05, 4.69) is 37.8 Å². The molecule has 1 aromatic rings. The second-order valence-corrected chi connectivity index (χ2v) is 8.64. The van der Waals surface area contributed by atoms with Gasteiger partial charge in [0.15, 0.2) is 6.10 Å².